The standard InChI is InChI=1S/C18H25N5O2/c1-14-20-16(22-21-14)12-19-13-18(25)9-5-10-23(17(18)24)11-8-15-6-3-2-4-7-15/h2-4,6-7,19,25H,5,8-13H2,1H3,(H,20,21,22). The maximum atomic E-state index is 12.7. The van der Waals surface area contributed by atoms with Crippen molar-refractivity contribution in [1.82, 2.24) is 25.4 Å². The minimum absolute atomic E-state index is 0.187. The first kappa shape index (κ1) is 17.6. The van der Waals surface area contributed by atoms with E-state index in [2.05, 4.69) is 32.6 Å². The molecule has 7 nitrogen and oxygen atoms in total. The summed E-state index contributed by atoms with van der Waals surface area (Å²) >= 11 is 0. The van der Waals surface area contributed by atoms with Gasteiger partial charge in [0.15, 0.2) is 11.4 Å². The monoisotopic (exact) mass is 343 g/mol. The lowest BCUT2D eigenvalue weighted by atomic mass is 9.91. The van der Waals surface area contributed by atoms with Crippen molar-refractivity contribution in [3.8, 4) is 0 Å². The predicted molar refractivity (Wildman–Crippen MR) is 93.7 cm³/mol. The molecule has 1 fully saturated rings. The summed E-state index contributed by atoms with van der Waals surface area (Å²) in [4.78, 5) is 18.7. The van der Waals surface area contributed by atoms with E-state index >= 15 is 0 Å². The van der Waals surface area contributed by atoms with Crippen molar-refractivity contribution in [2.75, 3.05) is 19.6 Å². The topological polar surface area (TPSA) is 94.1 Å². The Kier molecular flexibility index (Phi) is 5.45. The van der Waals surface area contributed by atoms with E-state index in [9.17, 15) is 9.90 Å². The molecule has 2 heterocycles. The fourth-order valence-electron chi connectivity index (χ4n) is 3.20. The number of hydrogen-bond donors (Lipinski definition) is 3. The van der Waals surface area contributed by atoms with Gasteiger partial charge in [0, 0.05) is 19.6 Å². The molecule has 3 N–H and O–H groups in total. The highest BCUT2D eigenvalue weighted by Gasteiger charge is 2.41. The highest BCUT2D eigenvalue weighted by Crippen LogP contribution is 2.22. The number of nitrogens with one attached hydrogen (secondary N) is 2. The quantitative estimate of drug-likeness (QED) is 0.691. The van der Waals surface area contributed by atoms with E-state index in [1.54, 1.807) is 4.90 Å². The van der Waals surface area contributed by atoms with Crippen LogP contribution in [0.1, 0.15) is 30.1 Å². The largest absolute Gasteiger partial charge is 0.379 e. The van der Waals surface area contributed by atoms with Crippen LogP contribution in [0.3, 0.4) is 0 Å². The van der Waals surface area contributed by atoms with Gasteiger partial charge in [-0.2, -0.15) is 5.10 Å². The minimum Gasteiger partial charge on any atom is -0.379 e. The predicted octanol–water partition coefficient (Wildman–Crippen LogP) is 0.799. The van der Waals surface area contributed by atoms with Crippen molar-refractivity contribution in [2.45, 2.75) is 38.3 Å². The molecule has 1 aromatic carbocycles. The van der Waals surface area contributed by atoms with E-state index in [0.29, 0.717) is 31.9 Å². The molecule has 25 heavy (non-hydrogen) atoms. The van der Waals surface area contributed by atoms with E-state index in [1.165, 1.54) is 5.56 Å². The van der Waals surface area contributed by atoms with Crippen LogP contribution in [0.5, 0.6) is 0 Å². The maximum Gasteiger partial charge on any atom is 0.255 e. The summed E-state index contributed by atoms with van der Waals surface area (Å²) in [7, 11) is 0. The number of likely N-dealkylation sites (tertiary alicyclic amines) is 1. The molecule has 0 radical (unpaired) electrons. The second-order valence-electron chi connectivity index (χ2n) is 6.60. The second-order valence-corrected chi connectivity index (χ2v) is 6.60. The summed E-state index contributed by atoms with van der Waals surface area (Å²) < 4.78 is 0. The van der Waals surface area contributed by atoms with Gasteiger partial charge in [0.2, 0.25) is 0 Å². The summed E-state index contributed by atoms with van der Waals surface area (Å²) in [6.07, 6.45) is 2.08. The number of rotatable bonds is 7. The number of hydrogen-bond acceptors (Lipinski definition) is 5. The molecule has 7 heteroatoms. The number of amides is 1. The van der Waals surface area contributed by atoms with Crippen LogP contribution < -0.4 is 5.32 Å². The highest BCUT2D eigenvalue weighted by atomic mass is 16.3. The zero-order valence-corrected chi connectivity index (χ0v) is 14.5. The van der Waals surface area contributed by atoms with Gasteiger partial charge in [-0.3, -0.25) is 9.89 Å². The molecular weight excluding hydrogens is 318 g/mol. The number of aryl methyl sites for hydroxylation is 1. The lowest BCUT2D eigenvalue weighted by Crippen LogP contribution is -2.58. The fourth-order valence-corrected chi connectivity index (χ4v) is 3.20. The molecule has 1 atom stereocenters. The molecule has 1 saturated heterocycles. The first-order chi connectivity index (χ1) is 12.1. The summed E-state index contributed by atoms with van der Waals surface area (Å²) in [6, 6.07) is 10.1. The smallest absolute Gasteiger partial charge is 0.255 e. The van der Waals surface area contributed by atoms with Crippen molar-refractivity contribution in [3.05, 3.63) is 47.5 Å². The van der Waals surface area contributed by atoms with E-state index in [0.717, 1.165) is 18.7 Å². The Hall–Kier alpha value is -2.25. The SMILES string of the molecule is Cc1nc(CNCC2(O)CCCN(CCc3ccccc3)C2=O)n[nH]1. The van der Waals surface area contributed by atoms with E-state index in [4.69, 9.17) is 0 Å². The number of H-pyrrole nitrogens is 1. The van der Waals surface area contributed by atoms with Crippen LogP contribution in [0, 0.1) is 6.92 Å². The van der Waals surface area contributed by atoms with Gasteiger partial charge in [-0.1, -0.05) is 30.3 Å². The number of aliphatic hydroxyl groups is 1. The van der Waals surface area contributed by atoms with Gasteiger partial charge in [-0.05, 0) is 31.7 Å². The first-order valence-electron chi connectivity index (χ1n) is 8.71. The van der Waals surface area contributed by atoms with Crippen LogP contribution >= 0.6 is 0 Å². The number of carbonyl (C=O) groups is 1. The number of carbonyl (C=O) groups excluding carboxylic acids is 1. The molecule has 2 aromatic rings. The van der Waals surface area contributed by atoms with Crippen LogP contribution in [0.15, 0.2) is 30.3 Å². The van der Waals surface area contributed by atoms with E-state index < -0.39 is 5.60 Å². The number of piperidine rings is 1. The van der Waals surface area contributed by atoms with Gasteiger partial charge < -0.3 is 15.3 Å². The third-order valence-electron chi connectivity index (χ3n) is 4.56. The van der Waals surface area contributed by atoms with E-state index in [1.807, 2.05) is 25.1 Å². The van der Waals surface area contributed by atoms with Crippen LogP contribution in [0.2, 0.25) is 0 Å². The molecule has 1 aromatic heterocycles. The summed E-state index contributed by atoms with van der Waals surface area (Å²) in [6.45, 7) is 3.80. The van der Waals surface area contributed by atoms with E-state index in [-0.39, 0.29) is 12.5 Å². The van der Waals surface area contributed by atoms with Crippen molar-refractivity contribution in [2.24, 2.45) is 0 Å². The molecule has 0 aliphatic carbocycles. The van der Waals surface area contributed by atoms with Crippen LogP contribution in [0.4, 0.5) is 0 Å². The van der Waals surface area contributed by atoms with Gasteiger partial charge in [0.05, 0.1) is 6.54 Å². The van der Waals surface area contributed by atoms with Crippen molar-refractivity contribution in [3.63, 3.8) is 0 Å². The average molecular weight is 343 g/mol. The van der Waals surface area contributed by atoms with Gasteiger partial charge >= 0.3 is 0 Å². The lowest BCUT2D eigenvalue weighted by Gasteiger charge is -2.38. The Morgan fingerprint density at radius 3 is 2.88 bits per heavy atom. The molecule has 0 bridgehead atoms. The Morgan fingerprint density at radius 2 is 2.16 bits per heavy atom. The zero-order chi connectivity index (χ0) is 17.7. The Morgan fingerprint density at radius 1 is 1.36 bits per heavy atom. The molecule has 1 aliphatic heterocycles. The van der Waals surface area contributed by atoms with Crippen molar-refractivity contribution in [1.29, 1.82) is 0 Å². The zero-order valence-electron chi connectivity index (χ0n) is 14.5. The summed E-state index contributed by atoms with van der Waals surface area (Å²) in [5.41, 5.74) is -0.150. The minimum atomic E-state index is -1.35. The number of nitrogens with zero attached hydrogens (tertiary/aromatic N) is 3. The fraction of sp³-hybridized carbons (Fsp3) is 0.500. The van der Waals surface area contributed by atoms with Crippen LogP contribution in [-0.4, -0.2) is 56.3 Å². The highest BCUT2D eigenvalue weighted by molar-refractivity contribution is 5.86. The molecule has 1 amide bonds. The third kappa shape index (κ3) is 4.43. The molecule has 134 valence electrons. The van der Waals surface area contributed by atoms with Gasteiger partial charge in [-0.15, -0.1) is 0 Å². The first-order valence-corrected chi connectivity index (χ1v) is 8.71. The normalized spacial score (nSPS) is 20.9. The molecule has 1 aliphatic rings. The number of aromatic amines is 1. The molecule has 0 spiro atoms. The Balaban J connectivity index is 1.52. The van der Waals surface area contributed by atoms with Gasteiger partial charge in [-0.25, -0.2) is 4.98 Å². The second kappa shape index (κ2) is 7.76. The van der Waals surface area contributed by atoms with Crippen LogP contribution in [-0.2, 0) is 17.8 Å². The summed E-state index contributed by atoms with van der Waals surface area (Å²) in [5.74, 6) is 1.19. The molecule has 0 saturated carbocycles. The van der Waals surface area contributed by atoms with Gasteiger partial charge in [0.25, 0.3) is 5.91 Å². The van der Waals surface area contributed by atoms with Crippen molar-refractivity contribution < 1.29 is 9.90 Å². The average Bonchev–Trinajstić information content (AvgIpc) is 3.03. The van der Waals surface area contributed by atoms with Gasteiger partial charge in [0.1, 0.15) is 5.82 Å². The molecule has 1 unspecified atom stereocenters. The Labute approximate surface area is 147 Å². The Bertz CT molecular complexity index is 703. The molecular formula is C18H25N5O2. The third-order valence-corrected chi connectivity index (χ3v) is 4.56. The summed E-state index contributed by atoms with van der Waals surface area (Å²) in [5, 5.41) is 20.7. The number of benzene rings is 1. The molecule has 3 rings (SSSR count). The number of aromatic nitrogens is 3. The maximum absolute atomic E-state index is 12.7. The van der Waals surface area contributed by atoms with Crippen molar-refractivity contribution >= 4 is 5.91 Å². The lowest BCUT2D eigenvalue weighted by molar-refractivity contribution is -0.156. The van der Waals surface area contributed by atoms with Crippen LogP contribution in [0.25, 0.3) is 0 Å².